The molecule has 2 N–H and O–H groups in total. The Morgan fingerprint density at radius 1 is 1.19 bits per heavy atom. The minimum atomic E-state index is -0.0516. The van der Waals surface area contributed by atoms with E-state index in [9.17, 15) is 9.90 Å². The van der Waals surface area contributed by atoms with Crippen LogP contribution in [0.1, 0.15) is 30.0 Å². The largest absolute Gasteiger partial charge is 0.493 e. The molecule has 0 unspecified atom stereocenters. The van der Waals surface area contributed by atoms with Crippen molar-refractivity contribution in [2.45, 2.75) is 39.0 Å². The van der Waals surface area contributed by atoms with Gasteiger partial charge in [0.25, 0.3) is 0 Å². The monoisotopic (exact) mass is 368 g/mol. The third-order valence-corrected chi connectivity index (χ3v) is 4.70. The average Bonchev–Trinajstić information content (AvgIpc) is 2.67. The van der Waals surface area contributed by atoms with Gasteiger partial charge in [-0.25, -0.2) is 0 Å². The number of rotatable bonds is 8. The molecule has 0 aromatic heterocycles. The lowest BCUT2D eigenvalue weighted by molar-refractivity contribution is -0.125. The summed E-state index contributed by atoms with van der Waals surface area (Å²) in [5.74, 6) is 0.800. The lowest BCUT2D eigenvalue weighted by Gasteiger charge is -2.33. The van der Waals surface area contributed by atoms with Crippen molar-refractivity contribution in [3.05, 3.63) is 65.2 Å². The molecule has 0 radical (unpaired) electrons. The summed E-state index contributed by atoms with van der Waals surface area (Å²) in [7, 11) is 0. The fourth-order valence-corrected chi connectivity index (χ4v) is 3.50. The number of nitrogens with one attached hydrogen (secondary N) is 1. The zero-order valence-corrected chi connectivity index (χ0v) is 15.9. The molecule has 1 heterocycles. The van der Waals surface area contributed by atoms with Crippen LogP contribution < -0.4 is 10.1 Å². The molecule has 0 saturated carbocycles. The van der Waals surface area contributed by atoms with Crippen LogP contribution in [-0.2, 0) is 24.4 Å². The summed E-state index contributed by atoms with van der Waals surface area (Å²) in [6.45, 7) is 4.53. The molecule has 3 rings (SSSR count). The van der Waals surface area contributed by atoms with Gasteiger partial charge < -0.3 is 15.2 Å². The van der Waals surface area contributed by atoms with Crippen LogP contribution in [0.5, 0.6) is 5.75 Å². The van der Waals surface area contributed by atoms with Crippen molar-refractivity contribution in [1.29, 1.82) is 0 Å². The van der Waals surface area contributed by atoms with Gasteiger partial charge in [-0.2, -0.15) is 0 Å². The van der Waals surface area contributed by atoms with E-state index in [0.29, 0.717) is 19.7 Å². The molecule has 1 amide bonds. The highest BCUT2D eigenvalue weighted by Gasteiger charge is 2.24. The van der Waals surface area contributed by atoms with Gasteiger partial charge in [-0.3, -0.25) is 9.69 Å². The zero-order chi connectivity index (χ0) is 19.1. The number of benzene rings is 2. The first-order valence-electron chi connectivity index (χ1n) is 9.59. The molecule has 2 aromatic rings. The van der Waals surface area contributed by atoms with Crippen LogP contribution in [0.25, 0.3) is 0 Å². The molecule has 0 bridgehead atoms. The minimum Gasteiger partial charge on any atom is -0.493 e. The number of hydrogen-bond donors (Lipinski definition) is 2. The smallest absolute Gasteiger partial charge is 0.234 e. The summed E-state index contributed by atoms with van der Waals surface area (Å²) in [6, 6.07) is 16.3. The zero-order valence-electron chi connectivity index (χ0n) is 15.9. The Bertz CT molecular complexity index is 748. The second kappa shape index (κ2) is 9.53. The molecule has 0 aliphatic carbocycles. The summed E-state index contributed by atoms with van der Waals surface area (Å²) in [4.78, 5) is 14.3. The lowest BCUT2D eigenvalue weighted by atomic mass is 10.0. The number of hydrogen-bond acceptors (Lipinski definition) is 4. The summed E-state index contributed by atoms with van der Waals surface area (Å²) in [5, 5.41) is 12.7. The van der Waals surface area contributed by atoms with Crippen molar-refractivity contribution in [3.63, 3.8) is 0 Å². The molecule has 5 heteroatoms. The number of aliphatic hydroxyl groups excluding tert-OH is 1. The second-order valence-electron chi connectivity index (χ2n) is 7.07. The van der Waals surface area contributed by atoms with E-state index in [4.69, 9.17) is 4.74 Å². The molecule has 1 aliphatic rings. The van der Waals surface area contributed by atoms with E-state index in [0.717, 1.165) is 36.3 Å². The van der Waals surface area contributed by atoms with Gasteiger partial charge in [-0.05, 0) is 36.1 Å². The van der Waals surface area contributed by atoms with E-state index < -0.39 is 0 Å². The topological polar surface area (TPSA) is 61.8 Å². The lowest BCUT2D eigenvalue weighted by Crippen LogP contribution is -2.54. The Balaban J connectivity index is 1.64. The van der Waals surface area contributed by atoms with E-state index in [2.05, 4.69) is 29.3 Å². The Hall–Kier alpha value is -2.37. The summed E-state index contributed by atoms with van der Waals surface area (Å²) in [6.07, 6.45) is 1.76. The van der Waals surface area contributed by atoms with E-state index in [1.165, 1.54) is 5.56 Å². The SMILES string of the molecule is CCCOc1ccc(CN2CC(=O)N[C@@H](Cc3ccccc3)C2)cc1CO. The highest BCUT2D eigenvalue weighted by molar-refractivity contribution is 5.79. The Morgan fingerprint density at radius 3 is 2.74 bits per heavy atom. The van der Waals surface area contributed by atoms with Crippen LogP contribution in [0.3, 0.4) is 0 Å². The maximum atomic E-state index is 12.1. The maximum Gasteiger partial charge on any atom is 0.234 e. The fraction of sp³-hybridized carbons (Fsp3) is 0.409. The molecule has 27 heavy (non-hydrogen) atoms. The molecule has 1 fully saturated rings. The van der Waals surface area contributed by atoms with Crippen LogP contribution in [-0.4, -0.2) is 41.7 Å². The Morgan fingerprint density at radius 2 is 2.00 bits per heavy atom. The highest BCUT2D eigenvalue weighted by Crippen LogP contribution is 2.22. The van der Waals surface area contributed by atoms with Crippen LogP contribution in [0.2, 0.25) is 0 Å². The van der Waals surface area contributed by atoms with Crippen LogP contribution in [0.15, 0.2) is 48.5 Å². The van der Waals surface area contributed by atoms with Crippen molar-refractivity contribution in [2.24, 2.45) is 0 Å². The summed E-state index contributed by atoms with van der Waals surface area (Å²) < 4.78 is 5.68. The predicted molar refractivity (Wildman–Crippen MR) is 106 cm³/mol. The number of nitrogens with zero attached hydrogens (tertiary/aromatic N) is 1. The Kier molecular flexibility index (Phi) is 6.85. The standard InChI is InChI=1S/C22H28N2O3/c1-2-10-27-21-9-8-18(11-19(21)16-25)13-24-14-20(23-22(26)15-24)12-17-6-4-3-5-7-17/h3-9,11,20,25H,2,10,12-16H2,1H3,(H,23,26)/t20-/m0/s1. The third kappa shape index (κ3) is 5.55. The van der Waals surface area contributed by atoms with E-state index in [1.54, 1.807) is 0 Å². The number of aliphatic hydroxyl groups is 1. The first-order valence-corrected chi connectivity index (χ1v) is 9.59. The second-order valence-corrected chi connectivity index (χ2v) is 7.07. The molecule has 1 atom stereocenters. The number of carbonyl (C=O) groups excluding carboxylic acids is 1. The number of ether oxygens (including phenoxy) is 1. The van der Waals surface area contributed by atoms with E-state index in [-0.39, 0.29) is 18.6 Å². The molecular formula is C22H28N2O3. The molecule has 144 valence electrons. The van der Waals surface area contributed by atoms with Gasteiger partial charge in [0.1, 0.15) is 5.75 Å². The molecular weight excluding hydrogens is 340 g/mol. The van der Waals surface area contributed by atoms with Gasteiger partial charge in [0.2, 0.25) is 5.91 Å². The van der Waals surface area contributed by atoms with Crippen molar-refractivity contribution in [2.75, 3.05) is 19.7 Å². The number of piperazine rings is 1. The summed E-state index contributed by atoms with van der Waals surface area (Å²) >= 11 is 0. The van der Waals surface area contributed by atoms with Crippen molar-refractivity contribution >= 4 is 5.91 Å². The molecule has 0 spiro atoms. The molecule has 2 aromatic carbocycles. The van der Waals surface area contributed by atoms with Crippen LogP contribution in [0.4, 0.5) is 0 Å². The van der Waals surface area contributed by atoms with E-state index >= 15 is 0 Å². The van der Waals surface area contributed by atoms with Crippen LogP contribution in [0, 0.1) is 0 Å². The number of carbonyl (C=O) groups is 1. The van der Waals surface area contributed by atoms with E-state index in [1.807, 2.05) is 36.4 Å². The Labute approximate surface area is 161 Å². The van der Waals surface area contributed by atoms with Gasteiger partial charge in [0, 0.05) is 24.7 Å². The van der Waals surface area contributed by atoms with Gasteiger partial charge in [-0.15, -0.1) is 0 Å². The van der Waals surface area contributed by atoms with Crippen molar-refractivity contribution < 1.29 is 14.6 Å². The van der Waals surface area contributed by atoms with Gasteiger partial charge >= 0.3 is 0 Å². The van der Waals surface area contributed by atoms with Crippen molar-refractivity contribution in [1.82, 2.24) is 10.2 Å². The molecule has 1 saturated heterocycles. The van der Waals surface area contributed by atoms with Gasteiger partial charge in [0.05, 0.1) is 19.8 Å². The molecule has 1 aliphatic heterocycles. The normalized spacial score (nSPS) is 17.6. The highest BCUT2D eigenvalue weighted by atomic mass is 16.5. The first-order chi connectivity index (χ1) is 13.2. The number of amides is 1. The minimum absolute atomic E-state index is 0.0516. The van der Waals surface area contributed by atoms with Gasteiger partial charge in [-0.1, -0.05) is 43.3 Å². The molecule has 5 nitrogen and oxygen atoms in total. The van der Waals surface area contributed by atoms with Crippen molar-refractivity contribution in [3.8, 4) is 5.75 Å². The third-order valence-electron chi connectivity index (χ3n) is 4.70. The van der Waals surface area contributed by atoms with Crippen LogP contribution >= 0.6 is 0 Å². The average molecular weight is 368 g/mol. The summed E-state index contributed by atoms with van der Waals surface area (Å²) in [5.41, 5.74) is 3.10. The van der Waals surface area contributed by atoms with Gasteiger partial charge in [0.15, 0.2) is 0 Å². The predicted octanol–water partition coefficient (Wildman–Crippen LogP) is 2.51. The first kappa shape index (κ1) is 19.4. The quantitative estimate of drug-likeness (QED) is 0.752. The fourth-order valence-electron chi connectivity index (χ4n) is 3.50. The maximum absolute atomic E-state index is 12.1.